The molecule has 0 aliphatic carbocycles. The zero-order chi connectivity index (χ0) is 27.5. The topological polar surface area (TPSA) is 24.1 Å². The molecule has 0 saturated heterocycles. The van der Waals surface area contributed by atoms with Gasteiger partial charge >= 0.3 is 12.4 Å². The highest BCUT2D eigenvalue weighted by molar-refractivity contribution is 7.80. The fourth-order valence-corrected chi connectivity index (χ4v) is 4.45. The Kier molecular flexibility index (Phi) is 8.22. The van der Waals surface area contributed by atoms with Gasteiger partial charge in [0.1, 0.15) is 0 Å². The van der Waals surface area contributed by atoms with Gasteiger partial charge in [0.25, 0.3) is 0 Å². The Bertz CT molecular complexity index is 1260. The molecule has 4 rings (SSSR count). The van der Waals surface area contributed by atoms with Crippen LogP contribution in [0.15, 0.2) is 107 Å². The minimum absolute atomic E-state index is 0.476. The van der Waals surface area contributed by atoms with Gasteiger partial charge in [0.2, 0.25) is 0 Å². The first-order valence-electron chi connectivity index (χ1n) is 11.4. The number of benzene rings is 4. The number of para-hydroxylation sites is 2. The summed E-state index contributed by atoms with van der Waals surface area (Å²) in [5.74, 6) is 0. The molecule has 38 heavy (non-hydrogen) atoms. The van der Waals surface area contributed by atoms with E-state index < -0.39 is 35.6 Å². The number of thiol groups is 2. The first kappa shape index (κ1) is 27.8. The standard InChI is InChI=1S/C28H22F6N2S2/c29-27(30,31)19-13-9-17(10-14-19)25(35-21-5-1-3-7-23(21)37)26(36-22-6-2-4-8-24(22)38)18-11-15-20(16-12-18)28(32,33)34/h1-16,25-26,35-38H. The monoisotopic (exact) mass is 564 g/mol. The first-order valence-corrected chi connectivity index (χ1v) is 12.3. The summed E-state index contributed by atoms with van der Waals surface area (Å²) in [6, 6.07) is 22.0. The van der Waals surface area contributed by atoms with E-state index in [-0.39, 0.29) is 0 Å². The molecule has 0 aliphatic rings. The third kappa shape index (κ3) is 6.60. The van der Waals surface area contributed by atoms with E-state index in [2.05, 4.69) is 35.9 Å². The second-order valence-electron chi connectivity index (χ2n) is 8.52. The van der Waals surface area contributed by atoms with Crippen LogP contribution in [0.3, 0.4) is 0 Å². The lowest BCUT2D eigenvalue weighted by Crippen LogP contribution is -2.26. The Morgan fingerprint density at radius 3 is 1.08 bits per heavy atom. The maximum absolute atomic E-state index is 13.3. The van der Waals surface area contributed by atoms with Gasteiger partial charge in [0.05, 0.1) is 23.2 Å². The van der Waals surface area contributed by atoms with Crippen LogP contribution >= 0.6 is 25.3 Å². The number of hydrogen-bond acceptors (Lipinski definition) is 4. The van der Waals surface area contributed by atoms with E-state index in [1.807, 2.05) is 0 Å². The number of halogens is 6. The summed E-state index contributed by atoms with van der Waals surface area (Å²) in [6.45, 7) is 0. The number of hydrogen-bond donors (Lipinski definition) is 4. The van der Waals surface area contributed by atoms with E-state index >= 15 is 0 Å². The highest BCUT2D eigenvalue weighted by atomic mass is 32.1. The molecule has 2 nitrogen and oxygen atoms in total. The van der Waals surface area contributed by atoms with Gasteiger partial charge in [-0.2, -0.15) is 26.3 Å². The zero-order valence-corrected chi connectivity index (χ0v) is 21.3. The van der Waals surface area contributed by atoms with Crippen LogP contribution in [-0.4, -0.2) is 0 Å². The average molecular weight is 565 g/mol. The van der Waals surface area contributed by atoms with Crippen LogP contribution in [0.5, 0.6) is 0 Å². The molecule has 10 heteroatoms. The van der Waals surface area contributed by atoms with Crippen molar-refractivity contribution >= 4 is 36.6 Å². The van der Waals surface area contributed by atoms with Crippen LogP contribution in [0.4, 0.5) is 37.7 Å². The molecule has 0 amide bonds. The van der Waals surface area contributed by atoms with Gasteiger partial charge in [0, 0.05) is 21.2 Å². The Hall–Kier alpha value is -3.24. The van der Waals surface area contributed by atoms with Crippen molar-refractivity contribution in [2.45, 2.75) is 34.2 Å². The van der Waals surface area contributed by atoms with E-state index in [0.29, 0.717) is 32.3 Å². The van der Waals surface area contributed by atoms with Gasteiger partial charge in [-0.05, 0) is 59.7 Å². The normalized spacial score (nSPS) is 13.6. The molecule has 198 valence electrons. The Balaban J connectivity index is 1.85. The number of alkyl halides is 6. The van der Waals surface area contributed by atoms with Crippen molar-refractivity contribution in [1.29, 1.82) is 0 Å². The van der Waals surface area contributed by atoms with Gasteiger partial charge in [-0.3, -0.25) is 0 Å². The molecule has 2 unspecified atom stereocenters. The Labute approximate surface area is 226 Å². The lowest BCUT2D eigenvalue weighted by molar-refractivity contribution is -0.138. The summed E-state index contributed by atoms with van der Waals surface area (Å²) in [6.07, 6.45) is -9.04. The third-order valence-electron chi connectivity index (χ3n) is 5.96. The minimum Gasteiger partial charge on any atom is -0.375 e. The van der Waals surface area contributed by atoms with Crippen molar-refractivity contribution in [1.82, 2.24) is 0 Å². The summed E-state index contributed by atoms with van der Waals surface area (Å²) in [7, 11) is 0. The van der Waals surface area contributed by atoms with E-state index in [1.54, 1.807) is 48.5 Å². The van der Waals surface area contributed by atoms with Crippen LogP contribution in [0.2, 0.25) is 0 Å². The van der Waals surface area contributed by atoms with E-state index in [1.165, 1.54) is 24.3 Å². The van der Waals surface area contributed by atoms with Gasteiger partial charge in [0.15, 0.2) is 0 Å². The molecule has 2 atom stereocenters. The largest absolute Gasteiger partial charge is 0.416 e. The Morgan fingerprint density at radius 2 is 0.789 bits per heavy atom. The van der Waals surface area contributed by atoms with Crippen LogP contribution in [0.25, 0.3) is 0 Å². The van der Waals surface area contributed by atoms with Crippen molar-refractivity contribution in [2.24, 2.45) is 0 Å². The van der Waals surface area contributed by atoms with Crippen molar-refractivity contribution < 1.29 is 26.3 Å². The summed E-state index contributed by atoms with van der Waals surface area (Å²) < 4.78 is 79.6. The second kappa shape index (κ2) is 11.2. The predicted molar refractivity (Wildman–Crippen MR) is 143 cm³/mol. The summed E-state index contributed by atoms with van der Waals surface area (Å²) in [4.78, 5) is 1.18. The molecule has 0 aromatic heterocycles. The van der Waals surface area contributed by atoms with Crippen molar-refractivity contribution in [3.63, 3.8) is 0 Å². The van der Waals surface area contributed by atoms with Crippen molar-refractivity contribution in [3.05, 3.63) is 119 Å². The van der Waals surface area contributed by atoms with Gasteiger partial charge in [-0.25, -0.2) is 0 Å². The van der Waals surface area contributed by atoms with Crippen LogP contribution in [-0.2, 0) is 12.4 Å². The predicted octanol–water partition coefficient (Wildman–Crippen LogP) is 9.31. The van der Waals surface area contributed by atoms with E-state index in [4.69, 9.17) is 0 Å². The van der Waals surface area contributed by atoms with Crippen LogP contribution < -0.4 is 10.6 Å². The molecule has 4 aromatic rings. The highest BCUT2D eigenvalue weighted by Crippen LogP contribution is 2.40. The van der Waals surface area contributed by atoms with E-state index in [0.717, 1.165) is 24.3 Å². The van der Waals surface area contributed by atoms with Gasteiger partial charge in [-0.1, -0.05) is 48.5 Å². The fourth-order valence-electron chi connectivity index (χ4n) is 4.00. The summed E-state index contributed by atoms with van der Waals surface area (Å²) in [5, 5.41) is 6.68. The Morgan fingerprint density at radius 1 is 0.474 bits per heavy atom. The molecule has 0 spiro atoms. The number of anilines is 2. The van der Waals surface area contributed by atoms with Gasteiger partial charge in [-0.15, -0.1) is 25.3 Å². The van der Waals surface area contributed by atoms with Crippen molar-refractivity contribution in [3.8, 4) is 0 Å². The molecule has 0 radical (unpaired) electrons. The maximum atomic E-state index is 13.3. The molecule has 4 aromatic carbocycles. The molecular formula is C28H22F6N2S2. The molecule has 0 bridgehead atoms. The third-order valence-corrected chi connectivity index (χ3v) is 6.74. The van der Waals surface area contributed by atoms with Gasteiger partial charge < -0.3 is 10.6 Å². The number of nitrogens with one attached hydrogen (secondary N) is 2. The quantitative estimate of drug-likeness (QED) is 0.133. The molecule has 0 heterocycles. The highest BCUT2D eigenvalue weighted by Gasteiger charge is 2.33. The molecule has 0 aliphatic heterocycles. The molecule has 0 saturated carbocycles. The molecule has 2 N–H and O–H groups in total. The first-order chi connectivity index (χ1) is 17.9. The second-order valence-corrected chi connectivity index (χ2v) is 9.48. The smallest absolute Gasteiger partial charge is 0.375 e. The fraction of sp³-hybridized carbons (Fsp3) is 0.143. The average Bonchev–Trinajstić information content (AvgIpc) is 2.87. The van der Waals surface area contributed by atoms with Crippen LogP contribution in [0, 0.1) is 0 Å². The molecule has 0 fully saturated rings. The van der Waals surface area contributed by atoms with Crippen LogP contribution in [0.1, 0.15) is 34.3 Å². The summed E-state index contributed by atoms with van der Waals surface area (Å²) >= 11 is 8.97. The lowest BCUT2D eigenvalue weighted by atomic mass is 9.91. The van der Waals surface area contributed by atoms with E-state index in [9.17, 15) is 26.3 Å². The minimum atomic E-state index is -4.52. The lowest BCUT2D eigenvalue weighted by Gasteiger charge is -2.32. The number of rotatable bonds is 7. The molecular weight excluding hydrogens is 542 g/mol. The maximum Gasteiger partial charge on any atom is 0.416 e. The zero-order valence-electron chi connectivity index (χ0n) is 19.6. The summed E-state index contributed by atoms with van der Waals surface area (Å²) in [5.41, 5.74) is 0.521. The SMILES string of the molecule is FC(F)(F)c1ccc(C(Nc2ccccc2S)C(Nc2ccccc2S)c2ccc(C(F)(F)F)cc2)cc1. The van der Waals surface area contributed by atoms with Crippen molar-refractivity contribution in [2.75, 3.05) is 10.6 Å².